The third-order valence-electron chi connectivity index (χ3n) is 5.35. The minimum Gasteiger partial charge on any atom is -0.465 e. The highest BCUT2D eigenvalue weighted by Gasteiger charge is 2.31. The Hall–Kier alpha value is -3.22. The molecule has 2 N–H and O–H groups in total. The Balaban J connectivity index is 1.47. The van der Waals surface area contributed by atoms with Gasteiger partial charge in [-0.1, -0.05) is 42.5 Å². The second-order valence-electron chi connectivity index (χ2n) is 7.21. The number of hydrogen-bond acceptors (Lipinski definition) is 3. The molecule has 2 aliphatic heterocycles. The number of fused-ring (bicyclic) bond motifs is 1. The lowest BCUT2D eigenvalue weighted by Gasteiger charge is -2.38. The predicted molar refractivity (Wildman–Crippen MR) is 108 cm³/mol. The monoisotopic (exact) mass is 380 g/mol. The first-order valence-electron chi connectivity index (χ1n) is 9.55. The van der Waals surface area contributed by atoms with E-state index in [1.54, 1.807) is 4.90 Å². The number of anilines is 2. The lowest BCUT2D eigenvalue weighted by atomic mass is 10.1. The molecule has 0 unspecified atom stereocenters. The van der Waals surface area contributed by atoms with Crippen molar-refractivity contribution in [3.8, 4) is 0 Å². The first-order chi connectivity index (χ1) is 13.6. The number of carbonyl (C=O) groups is 2. The topological polar surface area (TPSA) is 76.1 Å². The molecular formula is C21H24N4O3. The van der Waals surface area contributed by atoms with E-state index in [2.05, 4.69) is 22.3 Å². The van der Waals surface area contributed by atoms with Gasteiger partial charge in [0, 0.05) is 38.8 Å². The van der Waals surface area contributed by atoms with Crippen LogP contribution in [0.25, 0.3) is 0 Å². The van der Waals surface area contributed by atoms with Crippen molar-refractivity contribution in [1.82, 2.24) is 10.2 Å². The molecule has 1 fully saturated rings. The van der Waals surface area contributed by atoms with Crippen molar-refractivity contribution in [1.29, 1.82) is 0 Å². The van der Waals surface area contributed by atoms with Gasteiger partial charge in [0.25, 0.3) is 0 Å². The summed E-state index contributed by atoms with van der Waals surface area (Å²) in [7, 11) is 0. The van der Waals surface area contributed by atoms with Gasteiger partial charge in [0.15, 0.2) is 0 Å². The van der Waals surface area contributed by atoms with Gasteiger partial charge in [0.2, 0.25) is 0 Å². The van der Waals surface area contributed by atoms with Crippen LogP contribution >= 0.6 is 0 Å². The van der Waals surface area contributed by atoms with E-state index in [1.807, 2.05) is 42.5 Å². The van der Waals surface area contributed by atoms with Gasteiger partial charge in [-0.3, -0.25) is 4.90 Å². The van der Waals surface area contributed by atoms with Gasteiger partial charge in [-0.2, -0.15) is 0 Å². The first kappa shape index (κ1) is 18.2. The minimum absolute atomic E-state index is 0.141. The number of carbonyl (C=O) groups excluding carboxylic acids is 1. The highest BCUT2D eigenvalue weighted by molar-refractivity contribution is 5.97. The number of nitrogens with one attached hydrogen (secondary N) is 1. The summed E-state index contributed by atoms with van der Waals surface area (Å²) in [6, 6.07) is 17.9. The summed E-state index contributed by atoms with van der Waals surface area (Å²) in [5.41, 5.74) is 3.15. The lowest BCUT2D eigenvalue weighted by molar-refractivity contribution is 0.154. The van der Waals surface area contributed by atoms with E-state index in [1.165, 1.54) is 10.5 Å². The second-order valence-corrected chi connectivity index (χ2v) is 7.21. The van der Waals surface area contributed by atoms with Gasteiger partial charge in [-0.25, -0.2) is 9.59 Å². The zero-order valence-corrected chi connectivity index (χ0v) is 15.6. The van der Waals surface area contributed by atoms with Crippen LogP contribution in [0.15, 0.2) is 54.6 Å². The van der Waals surface area contributed by atoms with E-state index in [-0.39, 0.29) is 12.1 Å². The number of likely N-dealkylation sites (tertiary alicyclic amines) is 1. The fourth-order valence-electron chi connectivity index (χ4n) is 3.90. The second kappa shape index (κ2) is 7.80. The zero-order valence-electron chi connectivity index (χ0n) is 15.6. The van der Waals surface area contributed by atoms with E-state index in [0.717, 1.165) is 24.5 Å². The fraction of sp³-hybridized carbons (Fsp3) is 0.333. The third-order valence-corrected chi connectivity index (χ3v) is 5.35. The molecule has 28 heavy (non-hydrogen) atoms. The Morgan fingerprint density at radius 1 is 0.964 bits per heavy atom. The summed E-state index contributed by atoms with van der Waals surface area (Å²) < 4.78 is 0. The fourth-order valence-corrected chi connectivity index (χ4v) is 3.90. The summed E-state index contributed by atoms with van der Waals surface area (Å²) in [6.07, 6.45) is -0.287. The van der Waals surface area contributed by atoms with Crippen molar-refractivity contribution in [3.63, 3.8) is 0 Å². The average molecular weight is 380 g/mol. The maximum absolute atomic E-state index is 12.9. The molecule has 3 amide bonds. The molecule has 1 atom stereocenters. The van der Waals surface area contributed by atoms with Crippen molar-refractivity contribution >= 4 is 23.5 Å². The number of rotatable bonds is 3. The molecule has 4 rings (SSSR count). The molecular weight excluding hydrogens is 356 g/mol. The van der Waals surface area contributed by atoms with Crippen LogP contribution in [-0.4, -0.2) is 54.4 Å². The maximum Gasteiger partial charge on any atom is 0.407 e. The molecule has 0 aromatic heterocycles. The number of carboxylic acid groups (broad SMARTS) is 1. The Labute approximate surface area is 164 Å². The molecule has 7 nitrogen and oxygen atoms in total. The number of amides is 3. The Morgan fingerprint density at radius 2 is 1.68 bits per heavy atom. The van der Waals surface area contributed by atoms with Gasteiger partial charge < -0.3 is 20.2 Å². The van der Waals surface area contributed by atoms with E-state index in [4.69, 9.17) is 5.11 Å². The van der Waals surface area contributed by atoms with Crippen LogP contribution in [0.1, 0.15) is 12.0 Å². The molecule has 0 saturated carbocycles. The van der Waals surface area contributed by atoms with Crippen molar-refractivity contribution in [2.24, 2.45) is 0 Å². The van der Waals surface area contributed by atoms with Crippen LogP contribution in [-0.2, 0) is 6.54 Å². The van der Waals surface area contributed by atoms with Crippen LogP contribution in [0, 0.1) is 0 Å². The smallest absolute Gasteiger partial charge is 0.407 e. The van der Waals surface area contributed by atoms with Crippen molar-refractivity contribution in [3.05, 3.63) is 60.2 Å². The summed E-state index contributed by atoms with van der Waals surface area (Å²) >= 11 is 0. The normalized spacial score (nSPS) is 18.7. The first-order valence-corrected chi connectivity index (χ1v) is 9.55. The van der Waals surface area contributed by atoms with Gasteiger partial charge in [0.1, 0.15) is 0 Å². The standard InChI is InChI=1S/C21H24N4O3/c26-20(22-17-10-11-24(15-17)21(27)28)25-13-12-23(14-16-6-2-1-3-7-16)18-8-4-5-9-19(18)25/h1-9,17H,10-15H2,(H,22,26)(H,27,28)/t17-/m1/s1. The third kappa shape index (κ3) is 3.74. The summed E-state index contributed by atoms with van der Waals surface area (Å²) in [5, 5.41) is 12.1. The molecule has 2 aromatic rings. The largest absolute Gasteiger partial charge is 0.465 e. The molecule has 146 valence electrons. The number of urea groups is 1. The summed E-state index contributed by atoms with van der Waals surface area (Å²) in [4.78, 5) is 29.4. The van der Waals surface area contributed by atoms with E-state index >= 15 is 0 Å². The Kier molecular flexibility index (Phi) is 5.06. The highest BCUT2D eigenvalue weighted by atomic mass is 16.4. The van der Waals surface area contributed by atoms with Crippen LogP contribution in [0.5, 0.6) is 0 Å². The van der Waals surface area contributed by atoms with Crippen LogP contribution < -0.4 is 15.1 Å². The van der Waals surface area contributed by atoms with Gasteiger partial charge in [-0.05, 0) is 24.1 Å². The summed E-state index contributed by atoms with van der Waals surface area (Å²) in [6.45, 7) is 2.93. The molecule has 7 heteroatoms. The predicted octanol–water partition coefficient (Wildman–Crippen LogP) is 2.98. The van der Waals surface area contributed by atoms with Crippen molar-refractivity contribution < 1.29 is 14.7 Å². The van der Waals surface area contributed by atoms with Gasteiger partial charge in [-0.15, -0.1) is 0 Å². The van der Waals surface area contributed by atoms with Crippen LogP contribution in [0.4, 0.5) is 21.0 Å². The molecule has 2 aliphatic rings. The molecule has 1 saturated heterocycles. The van der Waals surface area contributed by atoms with Crippen molar-refractivity contribution in [2.45, 2.75) is 19.0 Å². The molecule has 0 spiro atoms. The molecule has 2 aromatic carbocycles. The van der Waals surface area contributed by atoms with E-state index in [0.29, 0.717) is 26.1 Å². The number of benzene rings is 2. The van der Waals surface area contributed by atoms with Gasteiger partial charge in [0.05, 0.1) is 11.4 Å². The van der Waals surface area contributed by atoms with Crippen molar-refractivity contribution in [2.75, 3.05) is 36.0 Å². The SMILES string of the molecule is O=C(O)N1CC[C@@H](NC(=O)N2CCN(Cc3ccccc3)c3ccccc32)C1. The Morgan fingerprint density at radius 3 is 2.39 bits per heavy atom. The van der Waals surface area contributed by atoms with Crippen LogP contribution in [0.3, 0.4) is 0 Å². The minimum atomic E-state index is -0.934. The number of hydrogen-bond donors (Lipinski definition) is 2. The molecule has 0 radical (unpaired) electrons. The zero-order chi connectivity index (χ0) is 19.5. The average Bonchev–Trinajstić information content (AvgIpc) is 3.18. The quantitative estimate of drug-likeness (QED) is 0.858. The van der Waals surface area contributed by atoms with E-state index < -0.39 is 6.09 Å². The number of nitrogens with zero attached hydrogens (tertiary/aromatic N) is 3. The molecule has 0 aliphatic carbocycles. The maximum atomic E-state index is 12.9. The molecule has 2 heterocycles. The highest BCUT2D eigenvalue weighted by Crippen LogP contribution is 2.33. The lowest BCUT2D eigenvalue weighted by Crippen LogP contribution is -2.51. The Bertz CT molecular complexity index is 858. The van der Waals surface area contributed by atoms with Gasteiger partial charge >= 0.3 is 12.1 Å². The van der Waals surface area contributed by atoms with E-state index in [9.17, 15) is 9.59 Å². The molecule has 0 bridgehead atoms. The van der Waals surface area contributed by atoms with Crippen LogP contribution in [0.2, 0.25) is 0 Å². The number of para-hydroxylation sites is 2. The summed E-state index contributed by atoms with van der Waals surface area (Å²) in [5.74, 6) is 0.